The van der Waals surface area contributed by atoms with Crippen LogP contribution in [0.5, 0.6) is 0 Å². The molecule has 0 saturated heterocycles. The second-order valence-electron chi connectivity index (χ2n) is 3.76. The summed E-state index contributed by atoms with van der Waals surface area (Å²) in [5, 5.41) is 5.92. The van der Waals surface area contributed by atoms with Gasteiger partial charge in [0.05, 0.1) is 17.8 Å². The SMILES string of the molecule is COC(=O)C(Nc1ccccc1)c1csc(C)n1. The smallest absolute Gasteiger partial charge is 0.334 e. The van der Waals surface area contributed by atoms with Crippen LogP contribution in [0.4, 0.5) is 5.69 Å². The molecule has 0 spiro atoms. The summed E-state index contributed by atoms with van der Waals surface area (Å²) in [4.78, 5) is 16.1. The summed E-state index contributed by atoms with van der Waals surface area (Å²) < 4.78 is 4.81. The fourth-order valence-electron chi connectivity index (χ4n) is 1.59. The maximum atomic E-state index is 11.8. The molecule has 0 fully saturated rings. The van der Waals surface area contributed by atoms with Crippen molar-refractivity contribution in [3.05, 3.63) is 46.4 Å². The minimum absolute atomic E-state index is 0.343. The van der Waals surface area contributed by atoms with Gasteiger partial charge in [-0.3, -0.25) is 0 Å². The first-order valence-corrected chi connectivity index (χ1v) is 6.40. The molecule has 1 aromatic carbocycles. The molecule has 1 atom stereocenters. The number of aromatic nitrogens is 1. The monoisotopic (exact) mass is 262 g/mol. The Morgan fingerprint density at radius 1 is 1.39 bits per heavy atom. The van der Waals surface area contributed by atoms with Crippen molar-refractivity contribution in [2.24, 2.45) is 0 Å². The number of hydrogen-bond donors (Lipinski definition) is 1. The maximum absolute atomic E-state index is 11.8. The zero-order valence-electron chi connectivity index (χ0n) is 10.2. The molecule has 94 valence electrons. The Hall–Kier alpha value is -1.88. The standard InChI is InChI=1S/C13H14N2O2S/c1-9-14-11(8-18-9)12(13(16)17-2)15-10-6-4-3-5-7-10/h3-8,12,15H,1-2H3. The van der Waals surface area contributed by atoms with E-state index in [0.29, 0.717) is 5.69 Å². The summed E-state index contributed by atoms with van der Waals surface area (Å²) in [6, 6.07) is 8.96. The molecule has 0 radical (unpaired) electrons. The van der Waals surface area contributed by atoms with Crippen molar-refractivity contribution in [3.63, 3.8) is 0 Å². The van der Waals surface area contributed by atoms with Gasteiger partial charge in [-0.05, 0) is 19.1 Å². The summed E-state index contributed by atoms with van der Waals surface area (Å²) in [6.07, 6.45) is 0. The van der Waals surface area contributed by atoms with Crippen LogP contribution in [0.3, 0.4) is 0 Å². The highest BCUT2D eigenvalue weighted by Gasteiger charge is 2.23. The quantitative estimate of drug-likeness (QED) is 0.861. The second-order valence-corrected chi connectivity index (χ2v) is 4.82. The van der Waals surface area contributed by atoms with Crippen LogP contribution in [0.15, 0.2) is 35.7 Å². The van der Waals surface area contributed by atoms with Gasteiger partial charge in [0.15, 0.2) is 6.04 Å². The largest absolute Gasteiger partial charge is 0.467 e. The zero-order valence-corrected chi connectivity index (χ0v) is 11.0. The molecule has 1 aromatic heterocycles. The van der Waals surface area contributed by atoms with Gasteiger partial charge in [-0.1, -0.05) is 18.2 Å². The minimum Gasteiger partial charge on any atom is -0.467 e. The predicted octanol–water partition coefficient (Wildman–Crippen LogP) is 2.78. The van der Waals surface area contributed by atoms with Crippen molar-refractivity contribution >= 4 is 23.0 Å². The molecule has 0 bridgehead atoms. The first kappa shape index (κ1) is 12.6. The number of benzene rings is 1. The molecule has 1 N–H and O–H groups in total. The van der Waals surface area contributed by atoms with Crippen molar-refractivity contribution in [2.75, 3.05) is 12.4 Å². The summed E-state index contributed by atoms with van der Waals surface area (Å²) in [6.45, 7) is 1.91. The molecule has 0 amide bonds. The minimum atomic E-state index is -0.567. The Bertz CT molecular complexity index is 525. The number of rotatable bonds is 4. The second kappa shape index (κ2) is 5.64. The van der Waals surface area contributed by atoms with Crippen molar-refractivity contribution in [3.8, 4) is 0 Å². The fraction of sp³-hybridized carbons (Fsp3) is 0.231. The number of carbonyl (C=O) groups is 1. The molecule has 1 unspecified atom stereocenters. The van der Waals surface area contributed by atoms with Gasteiger partial charge in [0, 0.05) is 11.1 Å². The average Bonchev–Trinajstić information content (AvgIpc) is 2.83. The molecule has 2 rings (SSSR count). The van der Waals surface area contributed by atoms with Crippen LogP contribution in [-0.2, 0) is 9.53 Å². The number of para-hydroxylation sites is 1. The number of aryl methyl sites for hydroxylation is 1. The highest BCUT2D eigenvalue weighted by molar-refractivity contribution is 7.09. The third kappa shape index (κ3) is 2.87. The summed E-state index contributed by atoms with van der Waals surface area (Å²) in [7, 11) is 1.38. The first-order valence-electron chi connectivity index (χ1n) is 5.52. The van der Waals surface area contributed by atoms with Crippen molar-refractivity contribution in [2.45, 2.75) is 13.0 Å². The van der Waals surface area contributed by atoms with Crippen LogP contribution in [0.25, 0.3) is 0 Å². The van der Waals surface area contributed by atoms with Gasteiger partial charge in [-0.2, -0.15) is 0 Å². The molecule has 0 aliphatic heterocycles. The Balaban J connectivity index is 2.24. The van der Waals surface area contributed by atoms with E-state index in [2.05, 4.69) is 10.3 Å². The predicted molar refractivity (Wildman–Crippen MR) is 71.7 cm³/mol. The number of thiazole rings is 1. The average molecular weight is 262 g/mol. The van der Waals surface area contributed by atoms with Crippen LogP contribution in [0.1, 0.15) is 16.7 Å². The highest BCUT2D eigenvalue weighted by Crippen LogP contribution is 2.22. The molecule has 5 heteroatoms. The van der Waals surface area contributed by atoms with Gasteiger partial charge in [0.25, 0.3) is 0 Å². The molecule has 0 saturated carbocycles. The third-order valence-electron chi connectivity index (χ3n) is 2.45. The fourth-order valence-corrected chi connectivity index (χ4v) is 2.22. The van der Waals surface area contributed by atoms with Gasteiger partial charge in [-0.15, -0.1) is 11.3 Å². The number of hydrogen-bond acceptors (Lipinski definition) is 5. The van der Waals surface area contributed by atoms with E-state index in [1.165, 1.54) is 18.4 Å². The van der Waals surface area contributed by atoms with Gasteiger partial charge in [0.2, 0.25) is 0 Å². The number of nitrogens with one attached hydrogen (secondary N) is 1. The van der Waals surface area contributed by atoms with E-state index in [1.54, 1.807) is 0 Å². The number of esters is 1. The van der Waals surface area contributed by atoms with E-state index in [1.807, 2.05) is 42.6 Å². The lowest BCUT2D eigenvalue weighted by Crippen LogP contribution is -2.22. The summed E-state index contributed by atoms with van der Waals surface area (Å²) in [5.41, 5.74) is 1.55. The number of methoxy groups -OCH3 is 1. The van der Waals surface area contributed by atoms with E-state index < -0.39 is 6.04 Å². The Kier molecular flexibility index (Phi) is 3.94. The number of anilines is 1. The topological polar surface area (TPSA) is 51.2 Å². The van der Waals surface area contributed by atoms with Crippen LogP contribution in [0.2, 0.25) is 0 Å². The van der Waals surface area contributed by atoms with Gasteiger partial charge in [0.1, 0.15) is 0 Å². The highest BCUT2D eigenvalue weighted by atomic mass is 32.1. The lowest BCUT2D eigenvalue weighted by molar-refractivity contribution is -0.141. The Morgan fingerprint density at radius 2 is 2.11 bits per heavy atom. The zero-order chi connectivity index (χ0) is 13.0. The lowest BCUT2D eigenvalue weighted by atomic mass is 10.2. The normalized spacial score (nSPS) is 11.9. The number of nitrogens with zero attached hydrogens (tertiary/aromatic N) is 1. The molecule has 18 heavy (non-hydrogen) atoms. The summed E-state index contributed by atoms with van der Waals surface area (Å²) >= 11 is 1.51. The van der Waals surface area contributed by atoms with Crippen molar-refractivity contribution in [1.82, 2.24) is 4.98 Å². The molecular formula is C13H14N2O2S. The van der Waals surface area contributed by atoms with Crippen molar-refractivity contribution in [1.29, 1.82) is 0 Å². The number of ether oxygens (including phenoxy) is 1. The summed E-state index contributed by atoms with van der Waals surface area (Å²) in [5.74, 6) is -0.343. The molecule has 0 aliphatic rings. The van der Waals surface area contributed by atoms with Crippen molar-refractivity contribution < 1.29 is 9.53 Å². The lowest BCUT2D eigenvalue weighted by Gasteiger charge is -2.15. The number of carbonyl (C=O) groups excluding carboxylic acids is 1. The van der Waals surface area contributed by atoms with E-state index in [0.717, 1.165) is 10.7 Å². The van der Waals surface area contributed by atoms with Crippen LogP contribution in [0, 0.1) is 6.92 Å². The van der Waals surface area contributed by atoms with E-state index in [4.69, 9.17) is 4.74 Å². The Labute approximate surface area is 110 Å². The van der Waals surface area contributed by atoms with E-state index >= 15 is 0 Å². The molecule has 0 aliphatic carbocycles. The molecule has 1 heterocycles. The van der Waals surface area contributed by atoms with Gasteiger partial charge < -0.3 is 10.1 Å². The van der Waals surface area contributed by atoms with Crippen LogP contribution in [-0.4, -0.2) is 18.1 Å². The van der Waals surface area contributed by atoms with E-state index in [9.17, 15) is 4.79 Å². The van der Waals surface area contributed by atoms with Crippen LogP contribution < -0.4 is 5.32 Å². The maximum Gasteiger partial charge on any atom is 0.334 e. The van der Waals surface area contributed by atoms with Gasteiger partial charge >= 0.3 is 5.97 Å². The van der Waals surface area contributed by atoms with Gasteiger partial charge in [-0.25, -0.2) is 9.78 Å². The molecular weight excluding hydrogens is 248 g/mol. The Morgan fingerprint density at radius 3 is 2.67 bits per heavy atom. The molecule has 4 nitrogen and oxygen atoms in total. The van der Waals surface area contributed by atoms with E-state index in [-0.39, 0.29) is 5.97 Å². The first-order chi connectivity index (χ1) is 8.70. The molecule has 2 aromatic rings. The third-order valence-corrected chi connectivity index (χ3v) is 3.25. The van der Waals surface area contributed by atoms with Crippen LogP contribution >= 0.6 is 11.3 Å².